The van der Waals surface area contributed by atoms with Crippen molar-refractivity contribution < 1.29 is 12.9 Å². The fraction of sp³-hybridized carbons (Fsp3) is 0.273. The van der Waals surface area contributed by atoms with E-state index < -0.39 is 10.0 Å². The molecule has 1 aromatic carbocycles. The van der Waals surface area contributed by atoms with Gasteiger partial charge in [-0.3, -0.25) is 4.72 Å². The van der Waals surface area contributed by atoms with Crippen LogP contribution in [0.2, 0.25) is 0 Å². The molecule has 1 heterocycles. The Labute approximate surface area is 105 Å². The van der Waals surface area contributed by atoms with Gasteiger partial charge in [-0.25, -0.2) is 8.42 Å². The highest BCUT2D eigenvalue weighted by Gasteiger charge is 2.10. The van der Waals surface area contributed by atoms with Crippen molar-refractivity contribution in [2.24, 2.45) is 0 Å². The van der Waals surface area contributed by atoms with Crippen LogP contribution in [0.5, 0.6) is 0 Å². The molecule has 18 heavy (non-hydrogen) atoms. The van der Waals surface area contributed by atoms with Crippen molar-refractivity contribution in [3.05, 3.63) is 41.5 Å². The Hall–Kier alpha value is -1.89. The smallest absolute Gasteiger partial charge is 0.231 e. The highest BCUT2D eigenvalue weighted by Crippen LogP contribution is 2.19. The highest BCUT2D eigenvalue weighted by atomic mass is 32.2. The minimum absolute atomic E-state index is 0.388. The van der Waals surface area contributed by atoms with Gasteiger partial charge in [-0.05, 0) is 18.6 Å². The van der Waals surface area contributed by atoms with Crippen LogP contribution in [0.1, 0.15) is 17.3 Å². The number of sulfonamides is 1. The predicted molar refractivity (Wildman–Crippen MR) is 66.7 cm³/mol. The molecule has 0 radical (unpaired) electrons. The van der Waals surface area contributed by atoms with E-state index in [0.717, 1.165) is 11.8 Å². The normalized spacial score (nSPS) is 11.4. The van der Waals surface area contributed by atoms with E-state index in [1.165, 1.54) is 0 Å². The molecule has 1 N–H and O–H groups in total. The topological polar surface area (TPSA) is 85.1 Å². The van der Waals surface area contributed by atoms with Gasteiger partial charge in [0.05, 0.1) is 18.4 Å². The SMILES string of the molecule is Cc1noc(Cc2ccccc2NS(C)(=O)=O)n1. The molecular formula is C11H13N3O3S. The van der Waals surface area contributed by atoms with E-state index in [9.17, 15) is 8.42 Å². The number of anilines is 1. The van der Waals surface area contributed by atoms with E-state index in [0.29, 0.717) is 23.8 Å². The van der Waals surface area contributed by atoms with Crippen molar-refractivity contribution in [3.63, 3.8) is 0 Å². The first kappa shape index (κ1) is 12.6. The van der Waals surface area contributed by atoms with Gasteiger partial charge in [0.25, 0.3) is 0 Å². The largest absolute Gasteiger partial charge is 0.339 e. The van der Waals surface area contributed by atoms with E-state index in [1.807, 2.05) is 12.1 Å². The van der Waals surface area contributed by atoms with Crippen molar-refractivity contribution in [2.75, 3.05) is 11.0 Å². The van der Waals surface area contributed by atoms with Crippen LogP contribution in [0.15, 0.2) is 28.8 Å². The van der Waals surface area contributed by atoms with E-state index >= 15 is 0 Å². The number of aryl methyl sites for hydroxylation is 1. The van der Waals surface area contributed by atoms with E-state index in [1.54, 1.807) is 19.1 Å². The summed E-state index contributed by atoms with van der Waals surface area (Å²) in [6, 6.07) is 7.09. The average Bonchev–Trinajstić information content (AvgIpc) is 2.65. The highest BCUT2D eigenvalue weighted by molar-refractivity contribution is 7.92. The van der Waals surface area contributed by atoms with Gasteiger partial charge in [0.15, 0.2) is 5.82 Å². The molecule has 7 heteroatoms. The quantitative estimate of drug-likeness (QED) is 0.903. The van der Waals surface area contributed by atoms with Gasteiger partial charge < -0.3 is 4.52 Å². The summed E-state index contributed by atoms with van der Waals surface area (Å²) >= 11 is 0. The zero-order valence-corrected chi connectivity index (χ0v) is 10.9. The zero-order valence-electron chi connectivity index (χ0n) is 10.0. The first-order valence-electron chi connectivity index (χ1n) is 5.29. The van der Waals surface area contributed by atoms with Gasteiger partial charge in [0.1, 0.15) is 0 Å². The number of aromatic nitrogens is 2. The third-order valence-electron chi connectivity index (χ3n) is 2.22. The van der Waals surface area contributed by atoms with Crippen LogP contribution in [-0.2, 0) is 16.4 Å². The zero-order chi connectivity index (χ0) is 13.2. The van der Waals surface area contributed by atoms with Crippen LogP contribution in [0.4, 0.5) is 5.69 Å². The van der Waals surface area contributed by atoms with Crippen molar-refractivity contribution in [1.29, 1.82) is 0 Å². The summed E-state index contributed by atoms with van der Waals surface area (Å²) < 4.78 is 30.0. The van der Waals surface area contributed by atoms with Gasteiger partial charge in [-0.2, -0.15) is 4.98 Å². The van der Waals surface area contributed by atoms with E-state index in [-0.39, 0.29) is 0 Å². The number of rotatable bonds is 4. The second-order valence-electron chi connectivity index (χ2n) is 3.94. The third kappa shape index (κ3) is 3.30. The summed E-state index contributed by atoms with van der Waals surface area (Å²) in [7, 11) is -3.30. The molecule has 2 rings (SSSR count). The van der Waals surface area contributed by atoms with Crippen LogP contribution >= 0.6 is 0 Å². The second kappa shape index (κ2) is 4.77. The van der Waals surface area contributed by atoms with Crippen LogP contribution in [0.3, 0.4) is 0 Å². The number of benzene rings is 1. The summed E-state index contributed by atoms with van der Waals surface area (Å²) in [4.78, 5) is 4.09. The number of nitrogens with one attached hydrogen (secondary N) is 1. The Kier molecular flexibility index (Phi) is 3.33. The fourth-order valence-electron chi connectivity index (χ4n) is 1.55. The Bertz CT molecular complexity index is 649. The maximum Gasteiger partial charge on any atom is 0.231 e. The third-order valence-corrected chi connectivity index (χ3v) is 2.81. The molecule has 0 bridgehead atoms. The van der Waals surface area contributed by atoms with E-state index in [4.69, 9.17) is 4.52 Å². The van der Waals surface area contributed by atoms with Gasteiger partial charge in [-0.15, -0.1) is 0 Å². The van der Waals surface area contributed by atoms with Crippen LogP contribution in [0, 0.1) is 6.92 Å². The molecule has 0 spiro atoms. The summed E-state index contributed by atoms with van der Waals surface area (Å²) in [6.07, 6.45) is 1.50. The molecular weight excluding hydrogens is 254 g/mol. The lowest BCUT2D eigenvalue weighted by atomic mass is 10.1. The number of nitrogens with zero attached hydrogens (tertiary/aromatic N) is 2. The Balaban J connectivity index is 2.27. The van der Waals surface area contributed by atoms with Crippen molar-refractivity contribution in [2.45, 2.75) is 13.3 Å². The minimum atomic E-state index is -3.30. The molecule has 0 aliphatic rings. The Morgan fingerprint density at radius 1 is 1.33 bits per heavy atom. The number of para-hydroxylation sites is 1. The van der Waals surface area contributed by atoms with Gasteiger partial charge in [0.2, 0.25) is 15.9 Å². The first-order chi connectivity index (χ1) is 8.44. The Morgan fingerprint density at radius 2 is 2.06 bits per heavy atom. The monoisotopic (exact) mass is 267 g/mol. The molecule has 0 aliphatic heterocycles. The molecule has 0 atom stereocenters. The maximum absolute atomic E-state index is 11.2. The second-order valence-corrected chi connectivity index (χ2v) is 5.69. The van der Waals surface area contributed by atoms with Crippen molar-refractivity contribution in [3.8, 4) is 0 Å². The number of hydrogen-bond donors (Lipinski definition) is 1. The molecule has 0 saturated carbocycles. The van der Waals surface area contributed by atoms with Gasteiger partial charge in [-0.1, -0.05) is 23.4 Å². The summed E-state index contributed by atoms with van der Waals surface area (Å²) in [6.45, 7) is 1.73. The first-order valence-corrected chi connectivity index (χ1v) is 7.18. The van der Waals surface area contributed by atoms with Crippen LogP contribution < -0.4 is 4.72 Å². The van der Waals surface area contributed by atoms with Crippen molar-refractivity contribution >= 4 is 15.7 Å². The predicted octanol–water partition coefficient (Wildman–Crippen LogP) is 1.34. The lowest BCUT2D eigenvalue weighted by molar-refractivity contribution is 0.381. The molecule has 96 valence electrons. The summed E-state index contributed by atoms with van der Waals surface area (Å²) in [5, 5.41) is 3.69. The lowest BCUT2D eigenvalue weighted by Crippen LogP contribution is -2.11. The average molecular weight is 267 g/mol. The molecule has 1 aromatic heterocycles. The molecule has 6 nitrogen and oxygen atoms in total. The Morgan fingerprint density at radius 3 is 2.67 bits per heavy atom. The molecule has 0 fully saturated rings. The summed E-state index contributed by atoms with van der Waals surface area (Å²) in [5.74, 6) is 1.01. The summed E-state index contributed by atoms with van der Waals surface area (Å²) in [5.41, 5.74) is 1.31. The maximum atomic E-state index is 11.2. The van der Waals surface area contributed by atoms with Crippen molar-refractivity contribution in [1.82, 2.24) is 10.1 Å². The molecule has 0 saturated heterocycles. The molecule has 0 aliphatic carbocycles. The molecule has 2 aromatic rings. The van der Waals surface area contributed by atoms with Gasteiger partial charge in [0, 0.05) is 0 Å². The molecule has 0 unspecified atom stereocenters. The molecule has 0 amide bonds. The minimum Gasteiger partial charge on any atom is -0.339 e. The number of hydrogen-bond acceptors (Lipinski definition) is 5. The van der Waals surface area contributed by atoms with Gasteiger partial charge >= 0.3 is 0 Å². The van der Waals surface area contributed by atoms with E-state index in [2.05, 4.69) is 14.9 Å². The fourth-order valence-corrected chi connectivity index (χ4v) is 2.15. The standard InChI is InChI=1S/C11H13N3O3S/c1-8-12-11(17-13-8)7-9-5-3-4-6-10(9)14-18(2,15)16/h3-6,14H,7H2,1-2H3. The lowest BCUT2D eigenvalue weighted by Gasteiger charge is -2.08. The van der Waals surface area contributed by atoms with Crippen LogP contribution in [0.25, 0.3) is 0 Å². The van der Waals surface area contributed by atoms with Crippen LogP contribution in [-0.4, -0.2) is 24.8 Å².